The van der Waals surface area contributed by atoms with E-state index in [-0.39, 0.29) is 11.4 Å². The number of nitrogens with zero attached hydrogens (tertiary/aromatic N) is 4. The molecule has 5 rings (SSSR count). The third-order valence-electron chi connectivity index (χ3n) is 5.71. The Morgan fingerprint density at radius 1 is 0.725 bits per heavy atom. The Morgan fingerprint density at radius 3 is 1.50 bits per heavy atom. The summed E-state index contributed by atoms with van der Waals surface area (Å²) in [6.07, 6.45) is 3.22. The van der Waals surface area contributed by atoms with Crippen LogP contribution in [-0.2, 0) is 0 Å². The van der Waals surface area contributed by atoms with Crippen molar-refractivity contribution in [1.29, 1.82) is 10.5 Å². The topological polar surface area (TPSA) is 74.8 Å². The lowest BCUT2D eigenvalue weighted by Crippen LogP contribution is -1.95. The van der Waals surface area contributed by atoms with E-state index in [1.807, 2.05) is 50.3 Å². The predicted molar refractivity (Wildman–Crippen MR) is 167 cm³/mol. The molecule has 0 saturated carbocycles. The van der Waals surface area contributed by atoms with Gasteiger partial charge in [0, 0.05) is 40.0 Å². The van der Waals surface area contributed by atoms with Crippen LogP contribution >= 0.6 is 45.3 Å². The molecule has 194 valence electrons. The fourth-order valence-electron chi connectivity index (χ4n) is 4.09. The molecule has 0 saturated heterocycles. The van der Waals surface area contributed by atoms with Gasteiger partial charge in [-0.1, -0.05) is 0 Å². The van der Waals surface area contributed by atoms with Gasteiger partial charge in [-0.3, -0.25) is 0 Å². The number of hydrogen-bond acceptors (Lipinski definition) is 8. The molecule has 10 heteroatoms. The zero-order valence-corrected chi connectivity index (χ0v) is 24.5. The van der Waals surface area contributed by atoms with Gasteiger partial charge in [0.05, 0.1) is 47.9 Å². The van der Waals surface area contributed by atoms with E-state index in [1.165, 1.54) is 22.7 Å². The largest absolute Gasteiger partial charge is 0.492 e. The van der Waals surface area contributed by atoms with Crippen molar-refractivity contribution in [2.24, 2.45) is 0 Å². The normalized spacial score (nSPS) is 11.7. The average molecular weight is 595 g/mol. The molecule has 4 aromatic heterocycles. The highest BCUT2D eigenvalue weighted by Gasteiger charge is 2.23. The maximum Gasteiger partial charge on any atom is 0.263 e. The van der Waals surface area contributed by atoms with Crippen molar-refractivity contribution in [3.8, 4) is 43.1 Å². The number of benzene rings is 1. The summed E-state index contributed by atoms with van der Waals surface area (Å²) in [5.74, 6) is 1.64. The van der Waals surface area contributed by atoms with Gasteiger partial charge in [0.1, 0.15) is 11.5 Å². The number of ether oxygens (including phenoxy) is 2. The molecule has 0 spiro atoms. The SMILES string of the molecule is [C-]#[N+]/C(C#N)=C\c1ccc(-c2cc3c(OCC)c4sc(-c5ccc(/C=C(\C#N)[N+]#[C-])s5)cc4c(OCC)c3s2)s1. The lowest BCUT2D eigenvalue weighted by atomic mass is 10.1. The third kappa shape index (κ3) is 5.10. The second kappa shape index (κ2) is 11.8. The van der Waals surface area contributed by atoms with E-state index in [1.54, 1.807) is 34.8 Å². The Kier molecular flexibility index (Phi) is 7.99. The highest BCUT2D eigenvalue weighted by molar-refractivity contribution is 7.28. The van der Waals surface area contributed by atoms with Crippen LogP contribution in [-0.4, -0.2) is 13.2 Å². The minimum Gasteiger partial charge on any atom is -0.492 e. The Balaban J connectivity index is 1.66. The van der Waals surface area contributed by atoms with Crippen LogP contribution in [0.1, 0.15) is 23.6 Å². The van der Waals surface area contributed by atoms with Crippen LogP contribution in [0.4, 0.5) is 0 Å². The Hall–Kier alpha value is -4.42. The summed E-state index contributed by atoms with van der Waals surface area (Å²) in [6, 6.07) is 16.0. The van der Waals surface area contributed by atoms with Crippen molar-refractivity contribution in [2.45, 2.75) is 13.8 Å². The number of fused-ring (bicyclic) bond motifs is 2. The van der Waals surface area contributed by atoms with Crippen molar-refractivity contribution in [3.63, 3.8) is 0 Å². The van der Waals surface area contributed by atoms with E-state index >= 15 is 0 Å². The van der Waals surface area contributed by atoms with Crippen molar-refractivity contribution in [2.75, 3.05) is 13.2 Å². The Labute approximate surface area is 247 Å². The van der Waals surface area contributed by atoms with Crippen LogP contribution in [0, 0.1) is 35.8 Å². The summed E-state index contributed by atoms with van der Waals surface area (Å²) in [4.78, 5) is 12.4. The number of hydrogen-bond donors (Lipinski definition) is 0. The molecule has 0 N–H and O–H groups in total. The first kappa shape index (κ1) is 27.2. The summed E-state index contributed by atoms with van der Waals surface area (Å²) in [6.45, 7) is 19.2. The van der Waals surface area contributed by atoms with Gasteiger partial charge in [-0.25, -0.2) is 20.2 Å². The second-order valence-corrected chi connectivity index (χ2v) is 12.5. The number of allylic oxidation sites excluding steroid dienone is 2. The van der Waals surface area contributed by atoms with Crippen molar-refractivity contribution in [3.05, 3.63) is 80.4 Å². The van der Waals surface area contributed by atoms with Gasteiger partial charge >= 0.3 is 0 Å². The van der Waals surface area contributed by atoms with Gasteiger partial charge in [-0.15, -0.1) is 45.3 Å². The minimum absolute atomic E-state index is 0.0591. The molecule has 0 amide bonds. The first-order chi connectivity index (χ1) is 19.5. The maximum absolute atomic E-state index is 9.11. The Bertz CT molecular complexity index is 1760. The highest BCUT2D eigenvalue weighted by Crippen LogP contribution is 2.53. The fraction of sp³-hybridized carbons (Fsp3) is 0.133. The molecule has 0 aliphatic heterocycles. The zero-order valence-electron chi connectivity index (χ0n) is 21.3. The lowest BCUT2D eigenvalue weighted by molar-refractivity contribution is 0.343. The molecular formula is C30H18N4O2S4. The molecule has 0 aliphatic rings. The van der Waals surface area contributed by atoms with Crippen LogP contribution in [0.15, 0.2) is 47.8 Å². The van der Waals surface area contributed by atoms with E-state index in [2.05, 4.69) is 21.8 Å². The van der Waals surface area contributed by atoms with Crippen LogP contribution in [0.2, 0.25) is 0 Å². The standard InChI is InChI=1S/C30H18N4O2S4/c1-5-35-27-21-13-25(23-9-7-19(37-23)11-17(15-31)33-3)40-30(21)28(36-6-2)22-14-26(39-29(22)27)24-10-8-20(38-24)12-18(16-32)34-4/h7-14H,5-6H2,1-2H3/b17-11-,18-12+. The summed E-state index contributed by atoms with van der Waals surface area (Å²) in [7, 11) is 0. The number of thiophene rings is 4. The van der Waals surface area contributed by atoms with E-state index < -0.39 is 0 Å². The molecule has 4 heterocycles. The van der Waals surface area contributed by atoms with Gasteiger partial charge in [0.15, 0.2) is 0 Å². The third-order valence-corrected chi connectivity index (χ3v) is 10.4. The molecular weight excluding hydrogens is 577 g/mol. The van der Waals surface area contributed by atoms with E-state index in [9.17, 15) is 0 Å². The van der Waals surface area contributed by atoms with Gasteiger partial charge in [-0.2, -0.15) is 0 Å². The molecule has 40 heavy (non-hydrogen) atoms. The number of rotatable bonds is 8. The number of nitriles is 2. The van der Waals surface area contributed by atoms with E-state index in [4.69, 9.17) is 33.1 Å². The molecule has 0 bridgehead atoms. The van der Waals surface area contributed by atoms with Crippen molar-refractivity contribution < 1.29 is 9.47 Å². The second-order valence-electron chi connectivity index (χ2n) is 8.14. The van der Waals surface area contributed by atoms with Crippen LogP contribution in [0.5, 0.6) is 11.5 Å². The maximum atomic E-state index is 9.11. The van der Waals surface area contributed by atoms with Crippen molar-refractivity contribution in [1.82, 2.24) is 0 Å². The molecule has 1 aromatic carbocycles. The molecule has 0 radical (unpaired) electrons. The van der Waals surface area contributed by atoms with Crippen LogP contribution in [0.3, 0.4) is 0 Å². The van der Waals surface area contributed by atoms with E-state index in [0.717, 1.165) is 60.9 Å². The summed E-state index contributed by atoms with van der Waals surface area (Å²) >= 11 is 6.34. The fourth-order valence-corrected chi connectivity index (χ4v) is 8.48. The summed E-state index contributed by atoms with van der Waals surface area (Å²) in [5, 5.41) is 20.2. The first-order valence-corrected chi connectivity index (χ1v) is 15.3. The van der Waals surface area contributed by atoms with Gasteiger partial charge < -0.3 is 9.47 Å². The average Bonchev–Trinajstić information content (AvgIpc) is 3.77. The monoisotopic (exact) mass is 594 g/mol. The van der Waals surface area contributed by atoms with Gasteiger partial charge in [0.2, 0.25) is 0 Å². The first-order valence-electron chi connectivity index (χ1n) is 12.0. The molecule has 6 nitrogen and oxygen atoms in total. The molecule has 0 fully saturated rings. The summed E-state index contributed by atoms with van der Waals surface area (Å²) in [5.41, 5.74) is 0.118. The smallest absolute Gasteiger partial charge is 0.263 e. The highest BCUT2D eigenvalue weighted by atomic mass is 32.1. The van der Waals surface area contributed by atoms with Gasteiger partial charge in [0.25, 0.3) is 11.4 Å². The van der Waals surface area contributed by atoms with Gasteiger partial charge in [-0.05, 0) is 62.4 Å². The quantitative estimate of drug-likeness (QED) is 0.132. The molecule has 5 aromatic rings. The molecule has 0 aliphatic carbocycles. The lowest BCUT2D eigenvalue weighted by Gasteiger charge is -2.11. The van der Waals surface area contributed by atoms with Crippen molar-refractivity contribution >= 4 is 77.7 Å². The zero-order chi connectivity index (χ0) is 28.2. The van der Waals surface area contributed by atoms with Crippen LogP contribution in [0.25, 0.3) is 61.5 Å². The van der Waals surface area contributed by atoms with Crippen LogP contribution < -0.4 is 9.47 Å². The predicted octanol–water partition coefficient (Wildman–Crippen LogP) is 9.94. The molecule has 0 unspecified atom stereocenters. The minimum atomic E-state index is 0.0591. The Morgan fingerprint density at radius 2 is 1.15 bits per heavy atom. The van der Waals surface area contributed by atoms with E-state index in [0.29, 0.717) is 13.2 Å². The summed E-state index contributed by atoms with van der Waals surface area (Å²) < 4.78 is 14.5. The molecule has 0 atom stereocenters.